The highest BCUT2D eigenvalue weighted by Gasteiger charge is 2.13. The minimum atomic E-state index is -0.422. The van der Waals surface area contributed by atoms with E-state index < -0.39 is 5.56 Å². The lowest BCUT2D eigenvalue weighted by Gasteiger charge is -2.06. The number of hydrogen-bond donors (Lipinski definition) is 3. The van der Waals surface area contributed by atoms with Crippen LogP contribution in [0.25, 0.3) is 22.2 Å². The van der Waals surface area contributed by atoms with Crippen molar-refractivity contribution in [3.63, 3.8) is 0 Å². The predicted octanol–water partition coefficient (Wildman–Crippen LogP) is 2.00. The zero-order valence-electron chi connectivity index (χ0n) is 9.79. The van der Waals surface area contributed by atoms with Gasteiger partial charge in [-0.2, -0.15) is 0 Å². The summed E-state index contributed by atoms with van der Waals surface area (Å²) in [6.45, 7) is 0. The van der Waals surface area contributed by atoms with E-state index in [1.165, 1.54) is 18.3 Å². The van der Waals surface area contributed by atoms with Crippen LogP contribution in [-0.2, 0) is 0 Å². The van der Waals surface area contributed by atoms with E-state index in [4.69, 9.17) is 0 Å². The molecular formula is C14H10N2O3. The fourth-order valence-corrected chi connectivity index (χ4v) is 2.00. The third-order valence-electron chi connectivity index (χ3n) is 2.91. The number of rotatable bonds is 1. The summed E-state index contributed by atoms with van der Waals surface area (Å²) in [4.78, 5) is 18.6. The number of phenolic OH excluding ortho intramolecular Hbond substituents is 1. The largest absolute Gasteiger partial charge is 0.508 e. The second kappa shape index (κ2) is 4.13. The summed E-state index contributed by atoms with van der Waals surface area (Å²) in [6.07, 6.45) is 1.54. The Bertz CT molecular complexity index is 807. The molecule has 1 aromatic carbocycles. The van der Waals surface area contributed by atoms with Gasteiger partial charge in [0.05, 0.1) is 10.9 Å². The number of nitrogens with one attached hydrogen (secondary N) is 1. The van der Waals surface area contributed by atoms with E-state index in [0.717, 1.165) is 0 Å². The number of hydrogen-bond acceptors (Lipinski definition) is 4. The summed E-state index contributed by atoms with van der Waals surface area (Å²) in [7, 11) is 0. The molecule has 0 bridgehead atoms. The fourth-order valence-electron chi connectivity index (χ4n) is 2.00. The van der Waals surface area contributed by atoms with Gasteiger partial charge in [0.2, 0.25) is 0 Å². The van der Waals surface area contributed by atoms with Crippen molar-refractivity contribution in [2.24, 2.45) is 0 Å². The van der Waals surface area contributed by atoms with Crippen molar-refractivity contribution in [2.45, 2.75) is 0 Å². The molecule has 0 aliphatic carbocycles. The van der Waals surface area contributed by atoms with Gasteiger partial charge in [-0.25, -0.2) is 4.98 Å². The van der Waals surface area contributed by atoms with E-state index in [1.807, 2.05) is 0 Å². The number of fused-ring (bicyclic) bond motifs is 1. The zero-order valence-corrected chi connectivity index (χ0v) is 9.79. The number of aromatic amines is 1. The molecule has 0 unspecified atom stereocenters. The third kappa shape index (κ3) is 1.81. The molecule has 5 nitrogen and oxygen atoms in total. The number of nitrogens with zero attached hydrogens (tertiary/aromatic N) is 1. The van der Waals surface area contributed by atoms with Crippen LogP contribution in [-0.4, -0.2) is 20.2 Å². The van der Waals surface area contributed by atoms with Crippen LogP contribution >= 0.6 is 0 Å². The molecule has 3 rings (SSSR count). The van der Waals surface area contributed by atoms with Crippen LogP contribution < -0.4 is 5.56 Å². The maximum absolute atomic E-state index is 12.0. The van der Waals surface area contributed by atoms with E-state index in [1.54, 1.807) is 24.3 Å². The molecule has 0 radical (unpaired) electrons. The SMILES string of the molecule is O=c1[nH]c2ncccc2c(O)c1-c1ccc(O)cc1. The molecule has 5 heteroatoms. The Hall–Kier alpha value is -2.82. The highest BCUT2D eigenvalue weighted by molar-refractivity contribution is 5.89. The van der Waals surface area contributed by atoms with Gasteiger partial charge in [-0.3, -0.25) is 4.79 Å². The van der Waals surface area contributed by atoms with Crippen LogP contribution in [0.2, 0.25) is 0 Å². The first-order chi connectivity index (χ1) is 9.16. The number of pyridine rings is 2. The van der Waals surface area contributed by atoms with Crippen molar-refractivity contribution in [1.29, 1.82) is 0 Å². The summed E-state index contributed by atoms with van der Waals surface area (Å²) >= 11 is 0. The average Bonchev–Trinajstić information content (AvgIpc) is 2.41. The molecule has 0 saturated heterocycles. The van der Waals surface area contributed by atoms with E-state index in [-0.39, 0.29) is 17.1 Å². The molecule has 0 atom stereocenters. The number of aromatic nitrogens is 2. The molecule has 0 saturated carbocycles. The predicted molar refractivity (Wildman–Crippen MR) is 71.1 cm³/mol. The third-order valence-corrected chi connectivity index (χ3v) is 2.91. The molecule has 0 aliphatic heterocycles. The highest BCUT2D eigenvalue weighted by atomic mass is 16.3. The Morgan fingerprint density at radius 2 is 1.79 bits per heavy atom. The Morgan fingerprint density at radius 3 is 2.53 bits per heavy atom. The topological polar surface area (TPSA) is 86.2 Å². The Morgan fingerprint density at radius 1 is 1.05 bits per heavy atom. The Labute approximate surface area is 107 Å². The quantitative estimate of drug-likeness (QED) is 0.620. The van der Waals surface area contributed by atoms with E-state index in [2.05, 4.69) is 9.97 Å². The smallest absolute Gasteiger partial charge is 0.261 e. The van der Waals surface area contributed by atoms with Crippen LogP contribution in [0.3, 0.4) is 0 Å². The first-order valence-electron chi connectivity index (χ1n) is 5.66. The minimum Gasteiger partial charge on any atom is -0.508 e. The van der Waals surface area contributed by atoms with Gasteiger partial charge in [-0.15, -0.1) is 0 Å². The molecule has 2 heterocycles. The van der Waals surface area contributed by atoms with Gasteiger partial charge >= 0.3 is 0 Å². The van der Waals surface area contributed by atoms with Gasteiger partial charge in [0.25, 0.3) is 5.56 Å². The molecule has 2 aromatic heterocycles. The number of benzene rings is 1. The summed E-state index contributed by atoms with van der Waals surface area (Å²) in [5.41, 5.74) is 0.615. The van der Waals surface area contributed by atoms with Crippen molar-refractivity contribution in [2.75, 3.05) is 0 Å². The van der Waals surface area contributed by atoms with Crippen molar-refractivity contribution < 1.29 is 10.2 Å². The molecular weight excluding hydrogens is 244 g/mol. The second-order valence-corrected chi connectivity index (χ2v) is 4.12. The Kier molecular flexibility index (Phi) is 2.45. The van der Waals surface area contributed by atoms with Gasteiger partial charge in [0.15, 0.2) is 0 Å². The van der Waals surface area contributed by atoms with Crippen LogP contribution in [0, 0.1) is 0 Å². The van der Waals surface area contributed by atoms with Crippen LogP contribution in [0.4, 0.5) is 0 Å². The molecule has 3 N–H and O–H groups in total. The maximum Gasteiger partial charge on any atom is 0.261 e. The van der Waals surface area contributed by atoms with E-state index in [0.29, 0.717) is 16.6 Å². The monoisotopic (exact) mass is 254 g/mol. The zero-order chi connectivity index (χ0) is 13.4. The van der Waals surface area contributed by atoms with E-state index >= 15 is 0 Å². The molecule has 19 heavy (non-hydrogen) atoms. The van der Waals surface area contributed by atoms with Crippen molar-refractivity contribution in [3.05, 3.63) is 52.9 Å². The summed E-state index contributed by atoms with van der Waals surface area (Å²) < 4.78 is 0. The van der Waals surface area contributed by atoms with E-state index in [9.17, 15) is 15.0 Å². The lowest BCUT2D eigenvalue weighted by molar-refractivity contribution is 0.475. The Balaban J connectivity index is 2.35. The molecule has 3 aromatic rings. The lowest BCUT2D eigenvalue weighted by Crippen LogP contribution is -2.09. The van der Waals surface area contributed by atoms with Gasteiger partial charge in [0.1, 0.15) is 17.1 Å². The van der Waals surface area contributed by atoms with Crippen molar-refractivity contribution in [3.8, 4) is 22.6 Å². The number of aromatic hydroxyl groups is 2. The van der Waals surface area contributed by atoms with Crippen molar-refractivity contribution in [1.82, 2.24) is 9.97 Å². The molecule has 0 aliphatic rings. The van der Waals surface area contributed by atoms with Gasteiger partial charge in [-0.1, -0.05) is 12.1 Å². The molecule has 0 spiro atoms. The summed E-state index contributed by atoms with van der Waals surface area (Å²) in [5, 5.41) is 20.0. The van der Waals surface area contributed by atoms with Gasteiger partial charge < -0.3 is 15.2 Å². The summed E-state index contributed by atoms with van der Waals surface area (Å²) in [6, 6.07) is 9.42. The fraction of sp³-hybridized carbons (Fsp3) is 0. The van der Waals surface area contributed by atoms with Gasteiger partial charge in [-0.05, 0) is 29.8 Å². The highest BCUT2D eigenvalue weighted by Crippen LogP contribution is 2.31. The second-order valence-electron chi connectivity index (χ2n) is 4.12. The lowest BCUT2D eigenvalue weighted by atomic mass is 10.0. The minimum absolute atomic E-state index is 0.0992. The van der Waals surface area contributed by atoms with Crippen LogP contribution in [0.15, 0.2) is 47.4 Å². The molecule has 94 valence electrons. The maximum atomic E-state index is 12.0. The molecule has 0 amide bonds. The van der Waals surface area contributed by atoms with Crippen LogP contribution in [0.1, 0.15) is 0 Å². The standard InChI is InChI=1S/C14H10N2O3/c17-9-5-3-8(4-6-9)11-12(18)10-2-1-7-15-13(10)16-14(11)19/h1-7,17H,(H2,15,16,18,19). The normalized spacial score (nSPS) is 10.7. The average molecular weight is 254 g/mol. The number of phenols is 1. The summed E-state index contributed by atoms with van der Waals surface area (Å²) in [5.74, 6) is -0.0142. The number of H-pyrrole nitrogens is 1. The first-order valence-corrected chi connectivity index (χ1v) is 5.66. The first kappa shape index (κ1) is 11.3. The molecule has 0 fully saturated rings. The van der Waals surface area contributed by atoms with Crippen molar-refractivity contribution >= 4 is 11.0 Å². The van der Waals surface area contributed by atoms with Crippen LogP contribution in [0.5, 0.6) is 11.5 Å². The van der Waals surface area contributed by atoms with Gasteiger partial charge in [0, 0.05) is 6.20 Å².